The van der Waals surface area contributed by atoms with Crippen LogP contribution in [0.2, 0.25) is 0 Å². The first-order valence-electron chi connectivity index (χ1n) is 6.38. The Morgan fingerprint density at radius 2 is 2.00 bits per heavy atom. The van der Waals surface area contributed by atoms with E-state index in [0.717, 1.165) is 16.7 Å². The van der Waals surface area contributed by atoms with Gasteiger partial charge in [-0.15, -0.1) is 23.7 Å². The van der Waals surface area contributed by atoms with Crippen molar-refractivity contribution in [1.29, 1.82) is 0 Å². The fourth-order valence-electron chi connectivity index (χ4n) is 1.89. The van der Waals surface area contributed by atoms with E-state index in [-0.39, 0.29) is 35.1 Å². The molecule has 2 aromatic rings. The number of thiazole rings is 1. The van der Waals surface area contributed by atoms with Crippen molar-refractivity contribution in [1.82, 2.24) is 4.98 Å². The van der Waals surface area contributed by atoms with Crippen LogP contribution in [0.4, 0.5) is 13.2 Å². The van der Waals surface area contributed by atoms with E-state index in [9.17, 15) is 23.1 Å². The molecule has 4 N–H and O–H groups in total. The summed E-state index contributed by atoms with van der Waals surface area (Å²) in [6, 6.07) is 4.13. The molecule has 0 radical (unpaired) electrons. The van der Waals surface area contributed by atoms with Crippen molar-refractivity contribution in [3.05, 3.63) is 34.8 Å². The number of carbonyl (C=O) groups is 1. The lowest BCUT2D eigenvalue weighted by molar-refractivity contribution is -0.142. The molecule has 0 aliphatic heterocycles. The van der Waals surface area contributed by atoms with Gasteiger partial charge in [-0.1, -0.05) is 6.07 Å². The standard InChI is InChI=1S/C14H13F3N2O3S.ClH/c1-13(18,12(21)22)5-7-2-3-9(20)8(4-7)11-19-10(6-23-11)14(15,16)17;/h2-4,6,20H,5,18H2,1H3,(H,21,22);1H/t13-;/m0./s1. The minimum atomic E-state index is -4.57. The van der Waals surface area contributed by atoms with E-state index in [1.807, 2.05) is 0 Å². The number of aliphatic carboxylic acids is 1. The zero-order valence-corrected chi connectivity index (χ0v) is 13.9. The van der Waals surface area contributed by atoms with Crippen LogP contribution in [0.15, 0.2) is 23.6 Å². The van der Waals surface area contributed by atoms with Crippen molar-refractivity contribution in [2.24, 2.45) is 5.73 Å². The number of benzene rings is 1. The Morgan fingerprint density at radius 3 is 2.50 bits per heavy atom. The summed E-state index contributed by atoms with van der Waals surface area (Å²) in [5.41, 5.74) is 3.65. The number of halogens is 4. The van der Waals surface area contributed by atoms with E-state index >= 15 is 0 Å². The number of phenols is 1. The smallest absolute Gasteiger partial charge is 0.434 e. The molecule has 24 heavy (non-hydrogen) atoms. The molecular formula is C14H14ClF3N2O3S. The summed E-state index contributed by atoms with van der Waals surface area (Å²) in [6.45, 7) is 1.33. The van der Waals surface area contributed by atoms with Crippen LogP contribution in [0.3, 0.4) is 0 Å². The van der Waals surface area contributed by atoms with E-state index in [1.165, 1.54) is 25.1 Å². The third-order valence-electron chi connectivity index (χ3n) is 3.15. The molecule has 0 spiro atoms. The SMILES string of the molecule is C[C@](N)(Cc1ccc(O)c(-c2nc(C(F)(F)F)cs2)c1)C(=O)O.Cl. The summed E-state index contributed by atoms with van der Waals surface area (Å²) >= 11 is 0.738. The highest BCUT2D eigenvalue weighted by atomic mass is 35.5. The topological polar surface area (TPSA) is 96.4 Å². The van der Waals surface area contributed by atoms with Crippen LogP contribution < -0.4 is 5.73 Å². The summed E-state index contributed by atoms with van der Waals surface area (Å²) < 4.78 is 37.8. The largest absolute Gasteiger partial charge is 0.507 e. The van der Waals surface area contributed by atoms with Gasteiger partial charge in [-0.25, -0.2) is 4.98 Å². The van der Waals surface area contributed by atoms with E-state index in [1.54, 1.807) is 0 Å². The van der Waals surface area contributed by atoms with Crippen LogP contribution in [0, 0.1) is 0 Å². The maximum atomic E-state index is 12.6. The Morgan fingerprint density at radius 1 is 1.38 bits per heavy atom. The maximum absolute atomic E-state index is 12.6. The van der Waals surface area contributed by atoms with Gasteiger partial charge in [0.05, 0.1) is 5.56 Å². The second kappa shape index (κ2) is 6.96. The lowest BCUT2D eigenvalue weighted by Crippen LogP contribution is -2.46. The van der Waals surface area contributed by atoms with Gasteiger partial charge in [0.2, 0.25) is 0 Å². The first-order valence-corrected chi connectivity index (χ1v) is 7.26. The molecule has 0 bridgehead atoms. The molecule has 10 heteroatoms. The highest BCUT2D eigenvalue weighted by molar-refractivity contribution is 7.13. The lowest BCUT2D eigenvalue weighted by Gasteiger charge is -2.19. The van der Waals surface area contributed by atoms with Gasteiger partial charge in [0.15, 0.2) is 5.69 Å². The number of carboxylic acid groups (broad SMARTS) is 1. The number of aromatic hydroxyl groups is 1. The van der Waals surface area contributed by atoms with Crippen LogP contribution in [0.5, 0.6) is 5.75 Å². The molecule has 1 atom stereocenters. The number of nitrogens with zero attached hydrogens (tertiary/aromatic N) is 1. The monoisotopic (exact) mass is 382 g/mol. The predicted octanol–water partition coefficient (Wildman–Crippen LogP) is 3.30. The van der Waals surface area contributed by atoms with Gasteiger partial charge in [-0.3, -0.25) is 4.79 Å². The number of hydrogen-bond donors (Lipinski definition) is 3. The number of aromatic nitrogens is 1. The Hall–Kier alpha value is -1.84. The van der Waals surface area contributed by atoms with Crippen LogP contribution in [0.1, 0.15) is 18.2 Å². The van der Waals surface area contributed by atoms with E-state index in [4.69, 9.17) is 10.8 Å². The highest BCUT2D eigenvalue weighted by Gasteiger charge is 2.34. The van der Waals surface area contributed by atoms with Crippen LogP contribution in [-0.4, -0.2) is 26.7 Å². The molecule has 132 valence electrons. The second-order valence-corrected chi connectivity index (χ2v) is 6.14. The summed E-state index contributed by atoms with van der Waals surface area (Å²) in [5.74, 6) is -1.45. The number of phenolic OH excluding ortho intramolecular Hbond substituents is 1. The van der Waals surface area contributed by atoms with Gasteiger partial charge in [-0.05, 0) is 24.6 Å². The number of rotatable bonds is 4. The number of nitrogens with two attached hydrogens (primary N) is 1. The molecule has 5 nitrogen and oxygen atoms in total. The van der Waals surface area contributed by atoms with Crippen molar-refractivity contribution in [2.45, 2.75) is 25.1 Å². The summed E-state index contributed by atoms with van der Waals surface area (Å²) in [4.78, 5) is 14.5. The van der Waals surface area contributed by atoms with Crippen molar-refractivity contribution in [3.8, 4) is 16.3 Å². The van der Waals surface area contributed by atoms with Gasteiger partial charge in [0.1, 0.15) is 16.3 Å². The molecule has 1 aromatic carbocycles. The maximum Gasteiger partial charge on any atom is 0.434 e. The zero-order chi connectivity index (χ0) is 17.4. The van der Waals surface area contributed by atoms with Gasteiger partial charge in [0.25, 0.3) is 0 Å². The molecule has 0 unspecified atom stereocenters. The predicted molar refractivity (Wildman–Crippen MR) is 85.4 cm³/mol. The molecule has 0 fully saturated rings. The highest BCUT2D eigenvalue weighted by Crippen LogP contribution is 2.37. The van der Waals surface area contributed by atoms with Crippen LogP contribution >= 0.6 is 23.7 Å². The molecule has 0 aliphatic carbocycles. The second-order valence-electron chi connectivity index (χ2n) is 5.29. The summed E-state index contributed by atoms with van der Waals surface area (Å²) in [5, 5.41) is 19.7. The van der Waals surface area contributed by atoms with Crippen molar-refractivity contribution < 1.29 is 28.2 Å². The van der Waals surface area contributed by atoms with Crippen molar-refractivity contribution >= 4 is 29.7 Å². The Labute approximate surface area is 145 Å². The molecular weight excluding hydrogens is 369 g/mol. The Balaban J connectivity index is 0.00000288. The van der Waals surface area contributed by atoms with Crippen LogP contribution in [-0.2, 0) is 17.4 Å². The molecule has 1 heterocycles. The third-order valence-corrected chi connectivity index (χ3v) is 4.02. The number of carboxylic acids is 1. The van der Waals surface area contributed by atoms with Gasteiger partial charge in [0, 0.05) is 11.8 Å². The quantitative estimate of drug-likeness (QED) is 0.754. The average molecular weight is 383 g/mol. The Bertz CT molecular complexity index is 747. The average Bonchev–Trinajstić information content (AvgIpc) is 2.90. The van der Waals surface area contributed by atoms with Crippen molar-refractivity contribution in [3.63, 3.8) is 0 Å². The molecule has 0 amide bonds. The third kappa shape index (κ3) is 4.37. The molecule has 1 aromatic heterocycles. The number of alkyl halides is 3. The van der Waals surface area contributed by atoms with Gasteiger partial charge in [-0.2, -0.15) is 13.2 Å². The Kier molecular flexibility index (Phi) is 5.86. The first-order chi connectivity index (χ1) is 10.5. The van der Waals surface area contributed by atoms with Gasteiger partial charge < -0.3 is 15.9 Å². The summed E-state index contributed by atoms with van der Waals surface area (Å²) in [6.07, 6.45) is -4.62. The molecule has 0 aliphatic rings. The van der Waals surface area contributed by atoms with E-state index < -0.39 is 23.4 Å². The minimum Gasteiger partial charge on any atom is -0.507 e. The fourth-order valence-corrected chi connectivity index (χ4v) is 2.74. The van der Waals surface area contributed by atoms with E-state index in [2.05, 4.69) is 4.98 Å². The zero-order valence-electron chi connectivity index (χ0n) is 12.3. The van der Waals surface area contributed by atoms with Gasteiger partial charge >= 0.3 is 12.1 Å². The lowest BCUT2D eigenvalue weighted by atomic mass is 9.93. The van der Waals surface area contributed by atoms with Crippen LogP contribution in [0.25, 0.3) is 10.6 Å². The van der Waals surface area contributed by atoms with E-state index in [0.29, 0.717) is 5.56 Å². The number of hydrogen-bond acceptors (Lipinski definition) is 5. The van der Waals surface area contributed by atoms with Crippen molar-refractivity contribution in [2.75, 3.05) is 0 Å². The molecule has 0 saturated heterocycles. The molecule has 2 rings (SSSR count). The normalized spacial score (nSPS) is 13.9. The summed E-state index contributed by atoms with van der Waals surface area (Å²) in [7, 11) is 0. The molecule has 0 saturated carbocycles. The minimum absolute atomic E-state index is 0. The fraction of sp³-hybridized carbons (Fsp3) is 0.286. The first kappa shape index (κ1) is 20.2.